The van der Waals surface area contributed by atoms with Crippen LogP contribution < -0.4 is 5.32 Å². The maximum Gasteiger partial charge on any atom is 0.0165 e. The van der Waals surface area contributed by atoms with Crippen molar-refractivity contribution in [3.63, 3.8) is 0 Å². The van der Waals surface area contributed by atoms with E-state index in [0.29, 0.717) is 0 Å². The van der Waals surface area contributed by atoms with Gasteiger partial charge < -0.3 is 29.8 Å². The minimum absolute atomic E-state index is 0.783. The quantitative estimate of drug-likeness (QED) is 0.282. The Balaban J connectivity index is 0.000000187. The van der Waals surface area contributed by atoms with Crippen molar-refractivity contribution < 1.29 is 0 Å². The van der Waals surface area contributed by atoms with E-state index in [1.807, 2.05) is 13.8 Å². The molecule has 5 saturated heterocycles. The van der Waals surface area contributed by atoms with Crippen molar-refractivity contribution in [2.24, 2.45) is 57.2 Å². The van der Waals surface area contributed by atoms with E-state index >= 15 is 0 Å². The van der Waals surface area contributed by atoms with Gasteiger partial charge in [0.05, 0.1) is 0 Å². The van der Waals surface area contributed by atoms with E-state index < -0.39 is 0 Å². The highest BCUT2D eigenvalue weighted by Gasteiger charge is 2.53. The first-order valence-electron chi connectivity index (χ1n) is 33.2. The summed E-state index contributed by atoms with van der Waals surface area (Å²) in [6, 6.07) is 0. The molecule has 0 radical (unpaired) electrons. The second-order valence-electron chi connectivity index (χ2n) is 28.0. The smallest absolute Gasteiger partial charge is 0.0165 e. The molecule has 10 fully saturated rings. The van der Waals surface area contributed by atoms with E-state index in [9.17, 15) is 0 Å². The van der Waals surface area contributed by atoms with Crippen LogP contribution >= 0.6 is 0 Å². The zero-order chi connectivity index (χ0) is 55.9. The lowest BCUT2D eigenvalue weighted by Gasteiger charge is -2.29. The molecule has 444 valence electrons. The van der Waals surface area contributed by atoms with Gasteiger partial charge in [-0.2, -0.15) is 0 Å². The number of nitrogens with one attached hydrogen (secondary N) is 1. The van der Waals surface area contributed by atoms with Crippen molar-refractivity contribution >= 4 is 0 Å². The van der Waals surface area contributed by atoms with Crippen LogP contribution in [0, 0.1) is 57.2 Å². The SMILES string of the molecule is CC.CC1=CCC2(CC1)C[C@H]2C.CC1CCC2(CC1)C[C@H]2C.CC=C1CCN(C)CC1.CCN1CC=C(C)CC1.CCN1CCC(C)CC1.CCN1CC[C@@]2(C)CC2C1.CN1CCNCC1.C[C@@H]1CC12CCN(C)CC2. The Morgan fingerprint density at radius 2 is 1.00 bits per heavy atom. The Bertz CT molecular complexity index is 1610. The molecule has 7 heteroatoms. The largest absolute Gasteiger partial charge is 0.314 e. The third-order valence-corrected chi connectivity index (χ3v) is 22.1. The number of likely N-dealkylation sites (N-methyl/N-ethyl adjacent to an activating group) is 2. The van der Waals surface area contributed by atoms with Gasteiger partial charge in [-0.25, -0.2) is 0 Å². The van der Waals surface area contributed by atoms with Crippen LogP contribution in [0.2, 0.25) is 0 Å². The minimum atomic E-state index is 0.783. The fraction of sp³-hybridized carbons (Fsp3) is 0.913. The molecule has 12 rings (SSSR count). The van der Waals surface area contributed by atoms with Gasteiger partial charge in [0.25, 0.3) is 0 Å². The lowest BCUT2D eigenvalue weighted by atomic mass is 9.79. The number of fused-ring (bicyclic) bond motifs is 1. The highest BCUT2D eigenvalue weighted by molar-refractivity contribution is 5.14. The number of hydrogen-bond acceptors (Lipinski definition) is 7. The number of rotatable bonds is 3. The Hall–Kier alpha value is -1.06. The average molecular weight is 1060 g/mol. The molecule has 1 N–H and O–H groups in total. The maximum absolute atomic E-state index is 3.27. The molecule has 6 atom stereocenters. The van der Waals surface area contributed by atoms with Gasteiger partial charge in [-0.1, -0.05) is 124 Å². The van der Waals surface area contributed by atoms with Gasteiger partial charge in [0.15, 0.2) is 0 Å². The van der Waals surface area contributed by atoms with E-state index in [-0.39, 0.29) is 0 Å². The molecule has 7 nitrogen and oxygen atoms in total. The Kier molecular flexibility index (Phi) is 30.0. The molecule has 6 aliphatic heterocycles. The van der Waals surface area contributed by atoms with Crippen LogP contribution in [-0.2, 0) is 0 Å². The first-order chi connectivity index (χ1) is 36.3. The summed E-state index contributed by atoms with van der Waals surface area (Å²) in [4.78, 5) is 14.7. The van der Waals surface area contributed by atoms with Crippen LogP contribution in [0.1, 0.15) is 219 Å². The van der Waals surface area contributed by atoms with Crippen molar-refractivity contribution in [3.05, 3.63) is 34.9 Å². The molecule has 0 aromatic heterocycles. The first-order valence-corrected chi connectivity index (χ1v) is 33.2. The van der Waals surface area contributed by atoms with E-state index in [2.05, 4.69) is 157 Å². The number of allylic oxidation sites excluding steroid dienone is 3. The first kappa shape index (κ1) is 67.4. The lowest BCUT2D eigenvalue weighted by molar-refractivity contribution is 0.194. The highest BCUT2D eigenvalue weighted by Crippen LogP contribution is 2.62. The van der Waals surface area contributed by atoms with Crippen molar-refractivity contribution in [1.29, 1.82) is 0 Å². The topological polar surface area (TPSA) is 31.5 Å². The van der Waals surface area contributed by atoms with Gasteiger partial charge in [-0.05, 0) is 261 Å². The summed E-state index contributed by atoms with van der Waals surface area (Å²) in [7, 11) is 6.58. The van der Waals surface area contributed by atoms with Crippen LogP contribution in [0.15, 0.2) is 34.9 Å². The highest BCUT2D eigenvalue weighted by atomic mass is 15.2. The fourth-order valence-electron chi connectivity index (χ4n) is 13.8. The third-order valence-electron chi connectivity index (χ3n) is 22.1. The van der Waals surface area contributed by atoms with E-state index in [1.54, 1.807) is 23.1 Å². The molecule has 6 aliphatic carbocycles. The Morgan fingerprint density at radius 1 is 0.513 bits per heavy atom. The molecule has 0 aromatic carbocycles. The summed E-state index contributed by atoms with van der Waals surface area (Å²) in [5, 5.41) is 3.27. The average Bonchev–Trinajstić information content (AvgIpc) is 4.42. The van der Waals surface area contributed by atoms with Crippen LogP contribution in [-0.4, -0.2) is 162 Å². The van der Waals surface area contributed by atoms with Gasteiger partial charge in [-0.3, -0.25) is 4.90 Å². The molecule has 5 saturated carbocycles. The number of hydrogen-bond donors (Lipinski definition) is 1. The molecule has 0 bridgehead atoms. The summed E-state index contributed by atoms with van der Waals surface area (Å²) in [5.41, 5.74) is 8.07. The summed E-state index contributed by atoms with van der Waals surface area (Å²) < 4.78 is 0. The van der Waals surface area contributed by atoms with Gasteiger partial charge in [0, 0.05) is 58.9 Å². The lowest BCUT2D eigenvalue weighted by Crippen LogP contribution is -2.40. The molecule has 0 aromatic rings. The van der Waals surface area contributed by atoms with Crippen molar-refractivity contribution in [2.45, 2.75) is 219 Å². The molecular weight excluding hydrogens is 927 g/mol. The summed E-state index contributed by atoms with van der Waals surface area (Å²) in [6.07, 6.45) is 34.4. The normalized spacial score (nSPS) is 34.8. The van der Waals surface area contributed by atoms with E-state index in [1.165, 1.54) is 214 Å². The minimum Gasteiger partial charge on any atom is -0.314 e. The predicted molar refractivity (Wildman–Crippen MR) is 337 cm³/mol. The zero-order valence-electron chi connectivity index (χ0n) is 54.3. The van der Waals surface area contributed by atoms with Crippen LogP contribution in [0.25, 0.3) is 0 Å². The van der Waals surface area contributed by atoms with E-state index in [4.69, 9.17) is 0 Å². The summed E-state index contributed by atoms with van der Waals surface area (Å²) in [5.74, 6) is 6.20. The number of piperazine rings is 1. The predicted octanol–water partition coefficient (Wildman–Crippen LogP) is 15.4. The van der Waals surface area contributed by atoms with Crippen molar-refractivity contribution in [3.8, 4) is 0 Å². The second kappa shape index (κ2) is 33.8. The molecule has 0 amide bonds. The fourth-order valence-corrected chi connectivity index (χ4v) is 13.8. The van der Waals surface area contributed by atoms with Gasteiger partial charge in [0.1, 0.15) is 0 Å². The van der Waals surface area contributed by atoms with Gasteiger partial charge in [0.2, 0.25) is 0 Å². The van der Waals surface area contributed by atoms with Gasteiger partial charge in [-0.15, -0.1) is 0 Å². The Morgan fingerprint density at radius 3 is 1.42 bits per heavy atom. The molecule has 6 heterocycles. The molecule has 12 aliphatic rings. The summed E-state index contributed by atoms with van der Waals surface area (Å²) in [6.45, 7) is 53.2. The zero-order valence-corrected chi connectivity index (χ0v) is 54.3. The molecule has 2 unspecified atom stereocenters. The Labute approximate surface area is 476 Å². The molecule has 3 spiro atoms. The second-order valence-corrected chi connectivity index (χ2v) is 28.0. The standard InChI is InChI=1S/C10H18.C10H16.2C9H17N.C8H15N.C8H17N.C8H15N.C5H12N2.C2H6/c2*1-8-3-5-10(6-4-8)7-9(10)2;1-8-7-9(8)3-5-10(2)6-4-9;1-3-10-5-4-9(2)6-8(9)7-10;1-3-8-4-6-9(2)7-5-8;2*1-3-9-6-4-8(2)5-7-9;1-7-4-2-6-3-5-7;1-2/h8-9H,3-7H2,1-2H3;3,9H,4-7H2,1-2H3;2*8H,3-7H2,1-2H3;3H,4-7H2,1-2H3;8H,3-7H2,1-2H3;4H,3,5-7H2,1-2H3;6H,2-5H2,1H3;1-2H3/t8?,9-,10?;9-,10?;8-;8?,9-;;;;;/m1110...../s1. The molecular formula is C69H133N7. The van der Waals surface area contributed by atoms with Crippen LogP contribution in [0.3, 0.4) is 0 Å². The monoisotopic (exact) mass is 1060 g/mol. The maximum atomic E-state index is 3.27. The summed E-state index contributed by atoms with van der Waals surface area (Å²) >= 11 is 0. The van der Waals surface area contributed by atoms with Crippen molar-refractivity contribution in [2.75, 3.05) is 132 Å². The van der Waals surface area contributed by atoms with Crippen LogP contribution in [0.5, 0.6) is 0 Å². The number of piperidine rings is 4. The van der Waals surface area contributed by atoms with Crippen LogP contribution in [0.4, 0.5) is 0 Å². The third kappa shape index (κ3) is 23.4. The van der Waals surface area contributed by atoms with E-state index in [0.717, 1.165) is 70.3 Å². The number of nitrogens with zero attached hydrogens (tertiary/aromatic N) is 6. The molecule has 76 heavy (non-hydrogen) atoms. The van der Waals surface area contributed by atoms with Crippen molar-refractivity contribution in [1.82, 2.24) is 34.7 Å². The number of likely N-dealkylation sites (tertiary alicyclic amines) is 4. The van der Waals surface area contributed by atoms with Gasteiger partial charge >= 0.3 is 0 Å².